The Morgan fingerprint density at radius 2 is 1.57 bits per heavy atom. The third-order valence-electron chi connectivity index (χ3n) is 10.1. The minimum Gasteiger partial charge on any atom is -0.490 e. The van der Waals surface area contributed by atoms with E-state index in [-0.39, 0.29) is 41.5 Å². The predicted octanol–water partition coefficient (Wildman–Crippen LogP) is 5.98. The van der Waals surface area contributed by atoms with Crippen LogP contribution < -0.4 is 20.1 Å². The van der Waals surface area contributed by atoms with Crippen LogP contribution in [0.5, 0.6) is 17.4 Å². The van der Waals surface area contributed by atoms with E-state index in [2.05, 4.69) is 63.9 Å². The molecule has 0 radical (unpaired) electrons. The Morgan fingerprint density at radius 3 is 2.25 bits per heavy atom. The lowest BCUT2D eigenvalue weighted by Gasteiger charge is -2.36. The molecule has 1 aliphatic carbocycles. The molecule has 8 rings (SSSR count). The van der Waals surface area contributed by atoms with Crippen molar-refractivity contribution in [2.45, 2.75) is 70.1 Å². The lowest BCUT2D eigenvalue weighted by molar-refractivity contribution is -0.136. The largest absolute Gasteiger partial charge is 0.490 e. The fraction of sp³-hybridized carbons (Fsp3) is 0.275. The number of nitrogens with one attached hydrogen (secondary N) is 2. The number of piperidine rings is 1. The minimum absolute atomic E-state index is 0.0334. The second-order valence-corrected chi connectivity index (χ2v) is 14.1. The monoisotopic (exact) mass is 712 g/mol. The van der Waals surface area contributed by atoms with Crippen molar-refractivity contribution >= 4 is 29.3 Å². The molecule has 5 aromatic rings. The van der Waals surface area contributed by atoms with Crippen LogP contribution in [-0.2, 0) is 15.0 Å². The topological polar surface area (TPSA) is 166 Å². The number of fused-ring (bicyclic) bond motifs is 1. The first-order valence-corrected chi connectivity index (χ1v) is 17.5. The zero-order valence-electron chi connectivity index (χ0n) is 29.3. The van der Waals surface area contributed by atoms with Gasteiger partial charge in [-0.05, 0) is 66.1 Å². The molecule has 2 aliphatic heterocycles. The van der Waals surface area contributed by atoms with Crippen LogP contribution in [-0.4, -0.2) is 61.8 Å². The van der Waals surface area contributed by atoms with Crippen molar-refractivity contribution in [3.63, 3.8) is 0 Å². The summed E-state index contributed by atoms with van der Waals surface area (Å²) < 4.78 is 17.4. The number of carbonyl (C=O) groups is 4. The molecule has 2 fully saturated rings. The molecule has 2 aromatic heterocycles. The van der Waals surface area contributed by atoms with E-state index in [0.29, 0.717) is 29.0 Å². The molecular weight excluding hydrogens is 676 g/mol. The van der Waals surface area contributed by atoms with Gasteiger partial charge in [-0.15, -0.1) is 0 Å². The number of hydrogen-bond acceptors (Lipinski definition) is 11. The second-order valence-electron chi connectivity index (χ2n) is 14.1. The van der Waals surface area contributed by atoms with E-state index >= 15 is 0 Å². The van der Waals surface area contributed by atoms with Crippen molar-refractivity contribution in [3.8, 4) is 28.8 Å². The first-order chi connectivity index (χ1) is 25.5. The van der Waals surface area contributed by atoms with E-state index in [1.54, 1.807) is 43.5 Å². The molecule has 3 aliphatic rings. The zero-order chi connectivity index (χ0) is 36.9. The molecule has 53 heavy (non-hydrogen) atoms. The fourth-order valence-electron chi connectivity index (χ4n) is 6.97. The molecule has 13 heteroatoms. The van der Waals surface area contributed by atoms with Crippen LogP contribution in [0.3, 0.4) is 0 Å². The number of imide groups is 2. The SMILES string of the molecule is Cc1nc(-c2ccnc(Oc3ccc(C(C)(C)c4ccc(O[C@H]5C[C@@H](Nc6ccc7c(c6)C(=O)N(C6CCC(=O)NC6=O)C7=O)C5)cc4)cc3)c2)no1. The Labute approximate surface area is 304 Å². The lowest BCUT2D eigenvalue weighted by Crippen LogP contribution is -2.54. The van der Waals surface area contributed by atoms with Crippen LogP contribution >= 0.6 is 0 Å². The first kappa shape index (κ1) is 33.8. The molecular formula is C40H36N6O7. The molecule has 0 spiro atoms. The summed E-state index contributed by atoms with van der Waals surface area (Å²) in [5, 5.41) is 9.62. The van der Waals surface area contributed by atoms with E-state index in [9.17, 15) is 19.2 Å². The van der Waals surface area contributed by atoms with Gasteiger partial charge in [0.25, 0.3) is 11.8 Å². The average molecular weight is 713 g/mol. The first-order valence-electron chi connectivity index (χ1n) is 17.5. The van der Waals surface area contributed by atoms with Crippen LogP contribution in [0.25, 0.3) is 11.4 Å². The van der Waals surface area contributed by atoms with Crippen LogP contribution in [0.4, 0.5) is 5.69 Å². The number of ether oxygens (including phenoxy) is 2. The summed E-state index contributed by atoms with van der Waals surface area (Å²) >= 11 is 0. The second kappa shape index (κ2) is 13.3. The van der Waals surface area contributed by atoms with Crippen LogP contribution in [0.2, 0.25) is 0 Å². The van der Waals surface area contributed by atoms with Crippen LogP contribution in [0, 0.1) is 6.92 Å². The number of hydrogen-bond donors (Lipinski definition) is 2. The fourth-order valence-corrected chi connectivity index (χ4v) is 6.97. The maximum absolute atomic E-state index is 13.2. The minimum atomic E-state index is -0.990. The van der Waals surface area contributed by atoms with Gasteiger partial charge < -0.3 is 19.3 Å². The molecule has 3 aromatic carbocycles. The summed E-state index contributed by atoms with van der Waals surface area (Å²) in [5.41, 5.74) is 3.95. The smallest absolute Gasteiger partial charge is 0.262 e. The maximum atomic E-state index is 13.2. The van der Waals surface area contributed by atoms with Gasteiger partial charge in [-0.2, -0.15) is 4.98 Å². The highest BCUT2D eigenvalue weighted by Crippen LogP contribution is 2.36. The number of nitrogens with zero attached hydrogens (tertiary/aromatic N) is 4. The van der Waals surface area contributed by atoms with E-state index < -0.39 is 29.7 Å². The third kappa shape index (κ3) is 6.61. The summed E-state index contributed by atoms with van der Waals surface area (Å²) in [6.45, 7) is 6.09. The van der Waals surface area contributed by atoms with Crippen molar-refractivity contribution < 1.29 is 33.2 Å². The van der Waals surface area contributed by atoms with Gasteiger partial charge in [-0.3, -0.25) is 29.4 Å². The number of anilines is 1. The summed E-state index contributed by atoms with van der Waals surface area (Å²) in [4.78, 5) is 59.7. The average Bonchev–Trinajstić information content (AvgIpc) is 3.67. The summed E-state index contributed by atoms with van der Waals surface area (Å²) in [7, 11) is 0. The number of pyridine rings is 1. The van der Waals surface area contributed by atoms with Gasteiger partial charge in [0, 0.05) is 61.2 Å². The van der Waals surface area contributed by atoms with Gasteiger partial charge in [0.15, 0.2) is 0 Å². The summed E-state index contributed by atoms with van der Waals surface area (Å²) in [6.07, 6.45) is 3.42. The molecule has 1 saturated heterocycles. The number of benzene rings is 3. The van der Waals surface area contributed by atoms with Crippen molar-refractivity contribution in [1.29, 1.82) is 0 Å². The Hall–Kier alpha value is -6.37. The lowest BCUT2D eigenvalue weighted by atomic mass is 9.78. The van der Waals surface area contributed by atoms with Crippen molar-refractivity contribution in [2.24, 2.45) is 0 Å². The Balaban J connectivity index is 0.839. The Bertz CT molecular complexity index is 2240. The van der Waals surface area contributed by atoms with Crippen molar-refractivity contribution in [3.05, 3.63) is 113 Å². The van der Waals surface area contributed by atoms with Gasteiger partial charge >= 0.3 is 0 Å². The molecule has 2 N–H and O–H groups in total. The van der Waals surface area contributed by atoms with E-state index in [0.717, 1.165) is 40.2 Å². The van der Waals surface area contributed by atoms with E-state index in [4.69, 9.17) is 14.0 Å². The number of carbonyl (C=O) groups excluding carboxylic acids is 4. The van der Waals surface area contributed by atoms with Crippen LogP contribution in [0.1, 0.15) is 77.3 Å². The standard InChI is InChI=1S/C40H36N6O7/c1-22-42-36(45-53-22)23-16-17-41-35(18-23)52-29-11-6-25(7-12-29)40(2,3)24-4-9-28(10-5-24)51-30-19-27(20-30)43-26-8-13-31-32(21-26)39(50)46(38(31)49)33-14-15-34(47)44-37(33)48/h4-13,16-18,21,27,30,33,43H,14-15,19-20H2,1-3H3,(H,44,47,48)/t27-,30+,33?. The molecule has 13 nitrogen and oxygen atoms in total. The van der Waals surface area contributed by atoms with Gasteiger partial charge in [-0.25, -0.2) is 4.98 Å². The number of rotatable bonds is 10. The Kier molecular flexibility index (Phi) is 8.48. The highest BCUT2D eigenvalue weighted by Gasteiger charge is 2.45. The molecule has 268 valence electrons. The van der Waals surface area contributed by atoms with Gasteiger partial charge in [0.2, 0.25) is 29.4 Å². The van der Waals surface area contributed by atoms with Gasteiger partial charge in [-0.1, -0.05) is 43.3 Å². The highest BCUT2D eigenvalue weighted by atomic mass is 16.5. The zero-order valence-corrected chi connectivity index (χ0v) is 29.3. The summed E-state index contributed by atoms with van der Waals surface area (Å²) in [6, 6.07) is 23.9. The van der Waals surface area contributed by atoms with E-state index in [1.165, 1.54) is 0 Å². The number of aryl methyl sites for hydroxylation is 1. The molecule has 0 bridgehead atoms. The molecule has 1 atom stereocenters. The van der Waals surface area contributed by atoms with Crippen LogP contribution in [0.15, 0.2) is 89.6 Å². The summed E-state index contributed by atoms with van der Waals surface area (Å²) in [5.74, 6) is 0.769. The number of aromatic nitrogens is 3. The van der Waals surface area contributed by atoms with Crippen molar-refractivity contribution in [1.82, 2.24) is 25.3 Å². The molecule has 1 unspecified atom stereocenters. The number of amides is 4. The molecule has 1 saturated carbocycles. The van der Waals surface area contributed by atoms with Gasteiger partial charge in [0.1, 0.15) is 23.6 Å². The molecule has 4 heterocycles. The quantitative estimate of drug-likeness (QED) is 0.164. The third-order valence-corrected chi connectivity index (χ3v) is 10.1. The van der Waals surface area contributed by atoms with Gasteiger partial charge in [0.05, 0.1) is 11.1 Å². The maximum Gasteiger partial charge on any atom is 0.262 e. The van der Waals surface area contributed by atoms with Crippen molar-refractivity contribution in [2.75, 3.05) is 5.32 Å². The predicted molar refractivity (Wildman–Crippen MR) is 192 cm³/mol. The highest BCUT2D eigenvalue weighted by molar-refractivity contribution is 6.23. The normalized spacial score (nSPS) is 19.8. The van der Waals surface area contributed by atoms with E-state index in [1.807, 2.05) is 24.3 Å². The Morgan fingerprint density at radius 1 is 0.868 bits per heavy atom. The molecule has 4 amide bonds.